The van der Waals surface area contributed by atoms with Crippen LogP contribution in [0.4, 0.5) is 5.69 Å². The Morgan fingerprint density at radius 2 is 2.04 bits per heavy atom. The van der Waals surface area contributed by atoms with Gasteiger partial charge in [0.2, 0.25) is 12.7 Å². The normalized spacial score (nSPS) is 12.2. The van der Waals surface area contributed by atoms with Crippen LogP contribution in [0.5, 0.6) is 17.2 Å². The van der Waals surface area contributed by atoms with Crippen molar-refractivity contribution in [2.45, 2.75) is 4.90 Å². The number of nitro benzene ring substituents is 1. The van der Waals surface area contributed by atoms with Crippen molar-refractivity contribution in [1.29, 1.82) is 0 Å². The van der Waals surface area contributed by atoms with Crippen molar-refractivity contribution in [3.63, 3.8) is 0 Å². The van der Waals surface area contributed by atoms with Crippen molar-refractivity contribution < 1.29 is 23.9 Å². The van der Waals surface area contributed by atoms with Gasteiger partial charge in [0.05, 0.1) is 24.0 Å². The number of nitro groups is 1. The van der Waals surface area contributed by atoms with Crippen LogP contribution < -0.4 is 19.6 Å². The maximum Gasteiger partial charge on any atom is 0.269 e. The summed E-state index contributed by atoms with van der Waals surface area (Å²) in [5.74, 6) is 1.52. The minimum Gasteiger partial charge on any atom is -0.496 e. The van der Waals surface area contributed by atoms with Crippen LogP contribution in [0.1, 0.15) is 5.56 Å². The summed E-state index contributed by atoms with van der Waals surface area (Å²) in [5, 5.41) is 14.5. The minimum atomic E-state index is -0.472. The quantitative estimate of drug-likeness (QED) is 0.335. The van der Waals surface area contributed by atoms with Crippen LogP contribution in [-0.2, 0) is 4.79 Å². The van der Waals surface area contributed by atoms with Gasteiger partial charge in [-0.25, -0.2) is 5.43 Å². The van der Waals surface area contributed by atoms with E-state index >= 15 is 0 Å². The average Bonchev–Trinajstić information content (AvgIpc) is 3.13. The fourth-order valence-corrected chi connectivity index (χ4v) is 2.93. The van der Waals surface area contributed by atoms with Gasteiger partial charge in [-0.15, -0.1) is 11.8 Å². The summed E-state index contributed by atoms with van der Waals surface area (Å²) in [6.07, 6.45) is 1.45. The Morgan fingerprint density at radius 3 is 2.70 bits per heavy atom. The van der Waals surface area contributed by atoms with Crippen molar-refractivity contribution in [3.8, 4) is 17.2 Å². The van der Waals surface area contributed by atoms with E-state index < -0.39 is 4.92 Å². The molecule has 3 rings (SSSR count). The average molecular weight is 389 g/mol. The van der Waals surface area contributed by atoms with Gasteiger partial charge >= 0.3 is 0 Å². The number of carbonyl (C=O) groups is 1. The molecular weight excluding hydrogens is 374 g/mol. The lowest BCUT2D eigenvalue weighted by Crippen LogP contribution is -2.19. The number of non-ortho nitro benzene ring substituents is 1. The smallest absolute Gasteiger partial charge is 0.269 e. The number of benzene rings is 2. The second-order valence-corrected chi connectivity index (χ2v) is 6.33. The van der Waals surface area contributed by atoms with Crippen molar-refractivity contribution in [3.05, 3.63) is 52.1 Å². The van der Waals surface area contributed by atoms with Crippen LogP contribution in [0, 0.1) is 10.1 Å². The van der Waals surface area contributed by atoms with Gasteiger partial charge in [-0.05, 0) is 18.2 Å². The molecule has 0 atom stereocenters. The second kappa shape index (κ2) is 8.41. The number of amides is 1. The Bertz CT molecular complexity index is 885. The van der Waals surface area contributed by atoms with Crippen molar-refractivity contribution in [2.24, 2.45) is 5.10 Å². The Labute approximate surface area is 158 Å². The number of ether oxygens (including phenoxy) is 3. The van der Waals surface area contributed by atoms with Gasteiger partial charge in [0.15, 0.2) is 11.5 Å². The second-order valence-electron chi connectivity index (χ2n) is 5.28. The Morgan fingerprint density at radius 1 is 1.33 bits per heavy atom. The molecule has 2 aromatic carbocycles. The summed E-state index contributed by atoms with van der Waals surface area (Å²) in [4.78, 5) is 22.8. The number of hydrogen-bond donors (Lipinski definition) is 1. The minimum absolute atomic E-state index is 0.00562. The third-order valence-electron chi connectivity index (χ3n) is 3.54. The monoisotopic (exact) mass is 389 g/mol. The molecule has 140 valence electrons. The molecule has 1 heterocycles. The first kappa shape index (κ1) is 18.5. The summed E-state index contributed by atoms with van der Waals surface area (Å²) in [5.41, 5.74) is 3.06. The maximum atomic E-state index is 11.9. The summed E-state index contributed by atoms with van der Waals surface area (Å²) in [7, 11) is 1.52. The zero-order chi connectivity index (χ0) is 19.2. The van der Waals surface area contributed by atoms with E-state index in [-0.39, 0.29) is 24.1 Å². The zero-order valence-electron chi connectivity index (χ0n) is 14.2. The van der Waals surface area contributed by atoms with Crippen LogP contribution in [0.15, 0.2) is 46.4 Å². The fourth-order valence-electron chi connectivity index (χ4n) is 2.24. The highest BCUT2D eigenvalue weighted by molar-refractivity contribution is 8.00. The number of nitrogens with zero attached hydrogens (tertiary/aromatic N) is 2. The van der Waals surface area contributed by atoms with Gasteiger partial charge in [0.1, 0.15) is 5.75 Å². The lowest BCUT2D eigenvalue weighted by Gasteiger charge is -2.06. The standard InChI is InChI=1S/C17H15N3O6S/c1-24-14-7-16-15(25-10-26-16)6-11(14)8-18-19-17(21)9-27-13-4-2-12(3-5-13)20(22)23/h2-8H,9-10H2,1H3,(H,19,21)/b18-8+. The molecular formula is C17H15N3O6S. The highest BCUT2D eigenvalue weighted by Crippen LogP contribution is 2.37. The van der Waals surface area contributed by atoms with Gasteiger partial charge in [0, 0.05) is 28.7 Å². The number of hydrazone groups is 1. The SMILES string of the molecule is COc1cc2c(cc1/C=N/NC(=O)CSc1ccc([N+](=O)[O-])cc1)OCO2. The van der Waals surface area contributed by atoms with E-state index in [0.29, 0.717) is 22.8 Å². The molecule has 0 radical (unpaired) electrons. The van der Waals surface area contributed by atoms with Crippen LogP contribution in [0.2, 0.25) is 0 Å². The Balaban J connectivity index is 1.54. The van der Waals surface area contributed by atoms with Gasteiger partial charge in [-0.3, -0.25) is 14.9 Å². The lowest BCUT2D eigenvalue weighted by molar-refractivity contribution is -0.384. The third-order valence-corrected chi connectivity index (χ3v) is 4.55. The van der Waals surface area contributed by atoms with Gasteiger partial charge in [-0.2, -0.15) is 5.10 Å². The highest BCUT2D eigenvalue weighted by Gasteiger charge is 2.17. The zero-order valence-corrected chi connectivity index (χ0v) is 15.0. The molecule has 1 aliphatic heterocycles. The predicted octanol–water partition coefficient (Wildman–Crippen LogP) is 2.57. The van der Waals surface area contributed by atoms with Crippen molar-refractivity contribution >= 4 is 29.6 Å². The molecule has 0 unspecified atom stereocenters. The molecule has 27 heavy (non-hydrogen) atoms. The topological polar surface area (TPSA) is 112 Å². The molecule has 0 aromatic heterocycles. The molecule has 1 amide bonds. The van der Waals surface area contributed by atoms with E-state index in [1.54, 1.807) is 24.3 Å². The molecule has 10 heteroatoms. The van der Waals surface area contributed by atoms with Crippen LogP contribution in [0.3, 0.4) is 0 Å². The Kier molecular flexibility index (Phi) is 5.77. The third kappa shape index (κ3) is 4.67. The molecule has 1 N–H and O–H groups in total. The Hall–Kier alpha value is -3.27. The molecule has 9 nitrogen and oxygen atoms in total. The summed E-state index contributed by atoms with van der Waals surface area (Å²) in [6.45, 7) is 0.148. The number of carbonyl (C=O) groups excluding carboxylic acids is 1. The van der Waals surface area contributed by atoms with Gasteiger partial charge in [0.25, 0.3) is 5.69 Å². The van der Waals surface area contributed by atoms with Crippen LogP contribution >= 0.6 is 11.8 Å². The first-order valence-electron chi connectivity index (χ1n) is 7.73. The first-order valence-corrected chi connectivity index (χ1v) is 8.72. The molecule has 0 saturated carbocycles. The highest BCUT2D eigenvalue weighted by atomic mass is 32.2. The molecule has 0 bridgehead atoms. The first-order chi connectivity index (χ1) is 13.1. The summed E-state index contributed by atoms with van der Waals surface area (Å²) >= 11 is 1.25. The fraction of sp³-hybridized carbons (Fsp3) is 0.176. The largest absolute Gasteiger partial charge is 0.496 e. The number of methoxy groups -OCH3 is 1. The lowest BCUT2D eigenvalue weighted by atomic mass is 10.2. The van der Waals surface area contributed by atoms with Crippen molar-refractivity contribution in [2.75, 3.05) is 19.7 Å². The van der Waals surface area contributed by atoms with Gasteiger partial charge in [-0.1, -0.05) is 0 Å². The number of fused-ring (bicyclic) bond motifs is 1. The van der Waals surface area contributed by atoms with E-state index in [9.17, 15) is 14.9 Å². The van der Waals surface area contributed by atoms with E-state index in [4.69, 9.17) is 14.2 Å². The van der Waals surface area contributed by atoms with Crippen LogP contribution in [-0.4, -0.2) is 36.7 Å². The van der Waals surface area contributed by atoms with Crippen LogP contribution in [0.25, 0.3) is 0 Å². The summed E-state index contributed by atoms with van der Waals surface area (Å²) in [6, 6.07) is 9.38. The summed E-state index contributed by atoms with van der Waals surface area (Å²) < 4.78 is 15.8. The molecule has 2 aromatic rings. The number of hydrogen-bond acceptors (Lipinski definition) is 8. The predicted molar refractivity (Wildman–Crippen MR) is 98.7 cm³/mol. The van der Waals surface area contributed by atoms with Crippen molar-refractivity contribution in [1.82, 2.24) is 5.43 Å². The molecule has 0 spiro atoms. The molecule has 0 aliphatic carbocycles. The molecule has 0 saturated heterocycles. The number of nitrogens with one attached hydrogen (secondary N) is 1. The van der Waals surface area contributed by atoms with E-state index in [1.807, 2.05) is 0 Å². The molecule has 0 fully saturated rings. The number of thioether (sulfide) groups is 1. The number of rotatable bonds is 7. The van der Waals surface area contributed by atoms with E-state index in [1.165, 1.54) is 37.2 Å². The molecule has 1 aliphatic rings. The van der Waals surface area contributed by atoms with E-state index in [0.717, 1.165) is 4.90 Å². The van der Waals surface area contributed by atoms with E-state index in [2.05, 4.69) is 10.5 Å². The maximum absolute atomic E-state index is 11.9. The van der Waals surface area contributed by atoms with Gasteiger partial charge < -0.3 is 14.2 Å².